The number of fused-ring (bicyclic) bond motifs is 1. The molecule has 31 heavy (non-hydrogen) atoms. The predicted octanol–water partition coefficient (Wildman–Crippen LogP) is -1.09. The van der Waals surface area contributed by atoms with Crippen molar-refractivity contribution < 1.29 is 47.3 Å². The fourth-order valence-electron chi connectivity index (χ4n) is 3.16. The van der Waals surface area contributed by atoms with Crippen LogP contribution in [0.5, 0.6) is 0 Å². The zero-order chi connectivity index (χ0) is 22.8. The molecule has 1 saturated heterocycles. The van der Waals surface area contributed by atoms with Gasteiger partial charge < -0.3 is 30.0 Å². The van der Waals surface area contributed by atoms with Crippen molar-refractivity contribution in [1.82, 2.24) is 4.73 Å². The molecule has 12 nitrogen and oxygen atoms in total. The summed E-state index contributed by atoms with van der Waals surface area (Å²) in [6.07, 6.45) is -4.30. The molecule has 1 aliphatic rings. The van der Waals surface area contributed by atoms with Crippen LogP contribution in [0, 0.1) is 0 Å². The normalized spacial score (nSPS) is 27.4. The Hall–Kier alpha value is -1.91. The molecule has 14 heteroatoms. The number of thioether (sulfide) groups is 1. The van der Waals surface area contributed by atoms with Crippen LogP contribution in [-0.4, -0.2) is 86.7 Å². The Balaban J connectivity index is 1.91. The van der Waals surface area contributed by atoms with Gasteiger partial charge in [-0.2, -0.15) is 13.1 Å². The van der Waals surface area contributed by atoms with Gasteiger partial charge in [0.05, 0.1) is 12.1 Å². The standard InChI is InChI=1S/C17H22N2O10S2/c1-27-19-7-9(10-4-2-3-5-11(10)19)6-13(18-29-31(24,25)26)30-17-16(23)15(22)14(21)12(8-20)28-17/h2-5,7,12,14-17,20-23H,6,8H2,1H3,(H,24,25,26)/b18-13+/t12-,14-,15+,16-,17+/m1/s1. The minimum Gasteiger partial charge on any atom is -0.417 e. The first kappa shape index (κ1) is 23.7. The van der Waals surface area contributed by atoms with Crippen molar-refractivity contribution in [2.75, 3.05) is 13.7 Å². The largest absolute Gasteiger partial charge is 0.466 e. The van der Waals surface area contributed by atoms with Gasteiger partial charge in [-0.1, -0.05) is 35.1 Å². The fourth-order valence-corrected chi connectivity index (χ4v) is 4.47. The van der Waals surface area contributed by atoms with Crippen LogP contribution in [0.3, 0.4) is 0 Å². The van der Waals surface area contributed by atoms with E-state index in [0.29, 0.717) is 17.3 Å². The Kier molecular flexibility index (Phi) is 7.43. The second-order valence-corrected chi connectivity index (χ2v) is 8.84. The van der Waals surface area contributed by atoms with Crippen LogP contribution in [0.2, 0.25) is 0 Å². The van der Waals surface area contributed by atoms with Crippen molar-refractivity contribution in [2.24, 2.45) is 5.16 Å². The van der Waals surface area contributed by atoms with E-state index < -0.39 is 46.9 Å². The van der Waals surface area contributed by atoms with Gasteiger partial charge in [0.2, 0.25) is 0 Å². The number of rotatable bonds is 7. The SMILES string of the molecule is COn1cc(C/C(=N\OS(=O)(=O)O)S[C@@H]2O[C@H](CO)[C@@H](O)[C@H](O)[C@H]2O)c2ccccc21. The maximum Gasteiger partial charge on any atom is 0.466 e. The number of ether oxygens (including phenoxy) is 1. The molecule has 0 bridgehead atoms. The van der Waals surface area contributed by atoms with Crippen LogP contribution in [0.25, 0.3) is 10.9 Å². The zero-order valence-corrected chi connectivity index (χ0v) is 17.8. The summed E-state index contributed by atoms with van der Waals surface area (Å²) in [6, 6.07) is 7.21. The molecule has 1 aromatic heterocycles. The van der Waals surface area contributed by atoms with Crippen LogP contribution in [0.15, 0.2) is 35.6 Å². The number of para-hydroxylation sites is 1. The molecule has 5 atom stereocenters. The van der Waals surface area contributed by atoms with E-state index in [-0.39, 0.29) is 11.5 Å². The van der Waals surface area contributed by atoms with Gasteiger partial charge in [-0.3, -0.25) is 4.55 Å². The lowest BCUT2D eigenvalue weighted by Gasteiger charge is -2.39. The van der Waals surface area contributed by atoms with Gasteiger partial charge in [0.15, 0.2) is 0 Å². The molecule has 0 radical (unpaired) electrons. The fraction of sp³-hybridized carbons (Fsp3) is 0.471. The first-order valence-corrected chi connectivity index (χ1v) is 11.2. The average Bonchev–Trinajstić information content (AvgIpc) is 3.09. The summed E-state index contributed by atoms with van der Waals surface area (Å²) in [7, 11) is -3.44. The van der Waals surface area contributed by atoms with E-state index in [1.165, 1.54) is 11.8 Å². The number of oxime groups is 1. The molecule has 0 unspecified atom stereocenters. The molecule has 172 valence electrons. The van der Waals surface area contributed by atoms with Gasteiger partial charge in [0, 0.05) is 18.0 Å². The highest BCUT2D eigenvalue weighted by molar-refractivity contribution is 8.14. The lowest BCUT2D eigenvalue weighted by molar-refractivity contribution is -0.205. The quantitative estimate of drug-likeness (QED) is 0.141. The maximum atomic E-state index is 11.0. The zero-order valence-electron chi connectivity index (χ0n) is 16.2. The van der Waals surface area contributed by atoms with Crippen molar-refractivity contribution in [3.05, 3.63) is 36.0 Å². The molecule has 1 fully saturated rings. The molecule has 3 rings (SSSR count). The van der Waals surface area contributed by atoms with E-state index in [0.717, 1.165) is 10.9 Å². The van der Waals surface area contributed by atoms with Crippen LogP contribution >= 0.6 is 11.8 Å². The van der Waals surface area contributed by atoms with Gasteiger partial charge in [0.1, 0.15) is 42.0 Å². The summed E-state index contributed by atoms with van der Waals surface area (Å²) in [4.78, 5) is 5.27. The van der Waals surface area contributed by atoms with E-state index in [1.807, 2.05) is 0 Å². The van der Waals surface area contributed by atoms with Crippen molar-refractivity contribution in [1.29, 1.82) is 0 Å². The third kappa shape index (κ3) is 5.48. The number of aliphatic hydroxyl groups excluding tert-OH is 4. The Bertz CT molecular complexity index is 1040. The Labute approximate surface area is 181 Å². The van der Waals surface area contributed by atoms with Gasteiger partial charge in [-0.05, 0) is 11.6 Å². The van der Waals surface area contributed by atoms with Gasteiger partial charge >= 0.3 is 10.4 Å². The molecule has 2 heterocycles. The monoisotopic (exact) mass is 478 g/mol. The first-order chi connectivity index (χ1) is 14.6. The summed E-state index contributed by atoms with van der Waals surface area (Å²) in [5.41, 5.74) is 0.148. The third-order valence-corrected chi connectivity index (χ3v) is 6.01. The summed E-state index contributed by atoms with van der Waals surface area (Å²) in [5, 5.41) is 43.7. The van der Waals surface area contributed by atoms with Crippen molar-refractivity contribution >= 4 is 38.1 Å². The topological polar surface area (TPSA) is 180 Å². The molecular weight excluding hydrogens is 456 g/mol. The molecule has 1 aliphatic heterocycles. The molecule has 0 saturated carbocycles. The second-order valence-electron chi connectivity index (χ2n) is 6.66. The van der Waals surface area contributed by atoms with Crippen molar-refractivity contribution in [2.45, 2.75) is 36.3 Å². The van der Waals surface area contributed by atoms with Gasteiger partial charge in [-0.15, -0.1) is 0 Å². The number of nitrogens with zero attached hydrogens (tertiary/aromatic N) is 2. The maximum absolute atomic E-state index is 11.0. The summed E-state index contributed by atoms with van der Waals surface area (Å²) in [5.74, 6) is 0. The van der Waals surface area contributed by atoms with Crippen molar-refractivity contribution in [3.63, 3.8) is 0 Å². The van der Waals surface area contributed by atoms with E-state index >= 15 is 0 Å². The van der Waals surface area contributed by atoms with Crippen LogP contribution in [-0.2, 0) is 25.8 Å². The molecular formula is C17H22N2O10S2. The minimum atomic E-state index is -4.91. The van der Waals surface area contributed by atoms with E-state index in [4.69, 9.17) is 14.1 Å². The Morgan fingerprint density at radius 1 is 1.23 bits per heavy atom. The summed E-state index contributed by atoms with van der Waals surface area (Å²) >= 11 is 0.705. The smallest absolute Gasteiger partial charge is 0.417 e. The number of aromatic nitrogens is 1. The number of hydrogen-bond acceptors (Lipinski definition) is 11. The highest BCUT2D eigenvalue weighted by atomic mass is 32.3. The highest BCUT2D eigenvalue weighted by Crippen LogP contribution is 2.31. The van der Waals surface area contributed by atoms with Gasteiger partial charge in [0.25, 0.3) is 0 Å². The molecule has 1 aromatic carbocycles. The second kappa shape index (κ2) is 9.70. The molecule has 0 spiro atoms. The number of aliphatic hydroxyl groups is 4. The summed E-state index contributed by atoms with van der Waals surface area (Å²) < 4.78 is 42.0. The average molecular weight is 479 g/mol. The Morgan fingerprint density at radius 2 is 1.94 bits per heavy atom. The van der Waals surface area contributed by atoms with Crippen LogP contribution in [0.4, 0.5) is 0 Å². The van der Waals surface area contributed by atoms with Crippen molar-refractivity contribution in [3.8, 4) is 0 Å². The van der Waals surface area contributed by atoms with Crippen LogP contribution < -0.4 is 4.84 Å². The minimum absolute atomic E-state index is 0.0217. The lowest BCUT2D eigenvalue weighted by atomic mass is 10.0. The molecule has 0 amide bonds. The van der Waals surface area contributed by atoms with E-state index in [2.05, 4.69) is 9.44 Å². The molecule has 2 aromatic rings. The Morgan fingerprint density at radius 3 is 2.58 bits per heavy atom. The lowest BCUT2D eigenvalue weighted by Crippen LogP contribution is -2.57. The number of benzene rings is 1. The summed E-state index contributed by atoms with van der Waals surface area (Å²) in [6.45, 7) is -0.628. The number of hydrogen-bond donors (Lipinski definition) is 5. The van der Waals surface area contributed by atoms with Crippen LogP contribution in [0.1, 0.15) is 5.56 Å². The molecule has 0 aliphatic carbocycles. The predicted molar refractivity (Wildman–Crippen MR) is 110 cm³/mol. The van der Waals surface area contributed by atoms with Gasteiger partial charge in [-0.25, -0.2) is 4.28 Å². The van der Waals surface area contributed by atoms with E-state index in [9.17, 15) is 28.8 Å². The highest BCUT2D eigenvalue weighted by Gasteiger charge is 2.44. The first-order valence-electron chi connectivity index (χ1n) is 8.98. The molecule has 5 N–H and O–H groups in total. The third-order valence-electron chi connectivity index (χ3n) is 4.63. The van der Waals surface area contributed by atoms with E-state index in [1.54, 1.807) is 30.5 Å².